The molecule has 0 saturated carbocycles. The van der Waals surface area contributed by atoms with E-state index in [0.717, 1.165) is 0 Å². The highest BCUT2D eigenvalue weighted by atomic mass is 16.6. The van der Waals surface area contributed by atoms with Crippen molar-refractivity contribution < 1.29 is 19.1 Å². The lowest BCUT2D eigenvalue weighted by Gasteiger charge is -2.07. The Labute approximate surface area is 64.5 Å². The van der Waals surface area contributed by atoms with Gasteiger partial charge in [0.15, 0.2) is 0 Å². The summed E-state index contributed by atoms with van der Waals surface area (Å²) in [6.07, 6.45) is 0.879. The third-order valence-electron chi connectivity index (χ3n) is 1.44. The third-order valence-corrected chi connectivity index (χ3v) is 1.44. The Kier molecular flexibility index (Phi) is 2.46. The Morgan fingerprint density at radius 2 is 2.55 bits per heavy atom. The van der Waals surface area contributed by atoms with Crippen molar-refractivity contribution in [2.75, 3.05) is 6.61 Å². The number of rotatable bonds is 2. The summed E-state index contributed by atoms with van der Waals surface area (Å²) in [5.41, 5.74) is 0. The van der Waals surface area contributed by atoms with Crippen LogP contribution in [-0.2, 0) is 19.1 Å². The normalized spacial score (nSPS) is 23.0. The van der Waals surface area contributed by atoms with Crippen LogP contribution in [0.2, 0.25) is 0 Å². The molecule has 0 unspecified atom stereocenters. The van der Waals surface area contributed by atoms with Crippen LogP contribution in [0.15, 0.2) is 0 Å². The minimum atomic E-state index is -0.340. The van der Waals surface area contributed by atoms with Gasteiger partial charge in [-0.25, -0.2) is 0 Å². The molecule has 1 rings (SSSR count). The Morgan fingerprint density at radius 3 is 3.00 bits per heavy atom. The lowest BCUT2D eigenvalue weighted by Crippen LogP contribution is -2.16. The van der Waals surface area contributed by atoms with Crippen molar-refractivity contribution in [1.29, 1.82) is 0 Å². The zero-order chi connectivity index (χ0) is 8.27. The summed E-state index contributed by atoms with van der Waals surface area (Å²) < 4.78 is 9.45. The number of carbonyl (C=O) groups is 2. The second kappa shape index (κ2) is 3.37. The van der Waals surface area contributed by atoms with E-state index in [4.69, 9.17) is 4.74 Å². The first-order valence-corrected chi connectivity index (χ1v) is 3.51. The molecular formula is C7H10O4. The first-order chi connectivity index (χ1) is 5.18. The average Bonchev–Trinajstić information content (AvgIpc) is 2.31. The van der Waals surface area contributed by atoms with Crippen molar-refractivity contribution in [3.63, 3.8) is 0 Å². The van der Waals surface area contributed by atoms with Crippen LogP contribution in [-0.4, -0.2) is 24.6 Å². The highest BCUT2D eigenvalue weighted by molar-refractivity contribution is 5.71. The van der Waals surface area contributed by atoms with Gasteiger partial charge in [0.1, 0.15) is 12.7 Å². The summed E-state index contributed by atoms with van der Waals surface area (Å²) in [6.45, 7) is 1.53. The van der Waals surface area contributed by atoms with E-state index in [1.165, 1.54) is 6.92 Å². The molecule has 4 nitrogen and oxygen atoms in total. The van der Waals surface area contributed by atoms with Gasteiger partial charge in [-0.05, 0) is 6.42 Å². The largest absolute Gasteiger partial charge is 0.462 e. The maximum Gasteiger partial charge on any atom is 0.306 e. The molecule has 0 N–H and O–H groups in total. The minimum absolute atomic E-state index is 0.196. The maximum atomic E-state index is 10.5. The number of carbonyl (C=O) groups excluding carboxylic acids is 2. The van der Waals surface area contributed by atoms with Crippen LogP contribution >= 0.6 is 0 Å². The molecule has 62 valence electrons. The lowest BCUT2D eigenvalue weighted by molar-refractivity contribution is -0.151. The van der Waals surface area contributed by atoms with E-state index in [1.54, 1.807) is 0 Å². The van der Waals surface area contributed by atoms with Gasteiger partial charge in [0.2, 0.25) is 0 Å². The highest BCUT2D eigenvalue weighted by Crippen LogP contribution is 2.13. The average molecular weight is 158 g/mol. The predicted molar refractivity (Wildman–Crippen MR) is 35.7 cm³/mol. The number of cyclic esters (lactones) is 1. The molecule has 0 bridgehead atoms. The molecule has 1 fully saturated rings. The Hall–Kier alpha value is -1.06. The van der Waals surface area contributed by atoms with Crippen LogP contribution in [0.4, 0.5) is 0 Å². The number of hydrogen-bond acceptors (Lipinski definition) is 4. The fraction of sp³-hybridized carbons (Fsp3) is 0.714. The highest BCUT2D eigenvalue weighted by Gasteiger charge is 2.23. The van der Waals surface area contributed by atoms with Crippen molar-refractivity contribution in [1.82, 2.24) is 0 Å². The quantitative estimate of drug-likeness (QED) is 0.541. The van der Waals surface area contributed by atoms with Crippen LogP contribution in [0, 0.1) is 0 Å². The zero-order valence-electron chi connectivity index (χ0n) is 6.33. The van der Waals surface area contributed by atoms with E-state index in [9.17, 15) is 9.59 Å². The third kappa shape index (κ3) is 2.57. The van der Waals surface area contributed by atoms with Gasteiger partial charge in [-0.2, -0.15) is 0 Å². The van der Waals surface area contributed by atoms with Gasteiger partial charge in [-0.1, -0.05) is 0 Å². The topological polar surface area (TPSA) is 52.6 Å². The smallest absolute Gasteiger partial charge is 0.306 e. The van der Waals surface area contributed by atoms with Gasteiger partial charge in [0.25, 0.3) is 0 Å². The molecule has 0 spiro atoms. The van der Waals surface area contributed by atoms with Crippen molar-refractivity contribution in [3.8, 4) is 0 Å². The van der Waals surface area contributed by atoms with Crippen LogP contribution < -0.4 is 0 Å². The van der Waals surface area contributed by atoms with Crippen molar-refractivity contribution in [2.24, 2.45) is 0 Å². The molecule has 1 saturated heterocycles. The summed E-state index contributed by atoms with van der Waals surface area (Å²) >= 11 is 0. The molecular weight excluding hydrogens is 148 g/mol. The first-order valence-electron chi connectivity index (χ1n) is 3.51. The SMILES string of the molecule is CC(=O)OC[C@@H]1CCC(=O)O1. The summed E-state index contributed by atoms with van der Waals surface area (Å²) in [5.74, 6) is -0.546. The maximum absolute atomic E-state index is 10.5. The summed E-state index contributed by atoms with van der Waals surface area (Å²) in [6, 6.07) is 0. The van der Waals surface area contributed by atoms with Crippen LogP contribution in [0.1, 0.15) is 19.8 Å². The second-order valence-corrected chi connectivity index (χ2v) is 2.45. The molecule has 0 aromatic carbocycles. The molecule has 1 aliphatic rings. The fourth-order valence-corrected chi connectivity index (χ4v) is 0.910. The van der Waals surface area contributed by atoms with Gasteiger partial charge in [-0.3, -0.25) is 9.59 Å². The van der Waals surface area contributed by atoms with Crippen LogP contribution in [0.5, 0.6) is 0 Å². The van der Waals surface area contributed by atoms with Gasteiger partial charge in [0, 0.05) is 13.3 Å². The molecule has 0 aromatic heterocycles. The molecule has 0 radical (unpaired) electrons. The Morgan fingerprint density at radius 1 is 1.82 bits per heavy atom. The van der Waals surface area contributed by atoms with E-state index in [2.05, 4.69) is 4.74 Å². The van der Waals surface area contributed by atoms with E-state index in [1.807, 2.05) is 0 Å². The fourth-order valence-electron chi connectivity index (χ4n) is 0.910. The molecule has 4 heteroatoms. The molecule has 1 heterocycles. The Bertz CT molecular complexity index is 175. The standard InChI is InChI=1S/C7H10O4/c1-5(8)10-4-6-2-3-7(9)11-6/h6H,2-4H2,1H3/t6-/m0/s1. The molecule has 1 aliphatic heterocycles. The first kappa shape index (κ1) is 8.04. The van der Waals surface area contributed by atoms with Gasteiger partial charge in [-0.15, -0.1) is 0 Å². The monoisotopic (exact) mass is 158 g/mol. The number of hydrogen-bond donors (Lipinski definition) is 0. The van der Waals surface area contributed by atoms with Gasteiger partial charge < -0.3 is 9.47 Å². The van der Waals surface area contributed by atoms with Crippen molar-refractivity contribution >= 4 is 11.9 Å². The number of esters is 2. The van der Waals surface area contributed by atoms with Crippen LogP contribution in [0.3, 0.4) is 0 Å². The molecule has 1 atom stereocenters. The van der Waals surface area contributed by atoms with E-state index in [0.29, 0.717) is 12.8 Å². The van der Waals surface area contributed by atoms with Crippen molar-refractivity contribution in [3.05, 3.63) is 0 Å². The predicted octanol–water partition coefficient (Wildman–Crippen LogP) is 0.255. The Balaban J connectivity index is 2.18. The van der Waals surface area contributed by atoms with E-state index < -0.39 is 0 Å². The minimum Gasteiger partial charge on any atom is -0.462 e. The summed E-state index contributed by atoms with van der Waals surface area (Å²) in [7, 11) is 0. The van der Waals surface area contributed by atoms with Crippen LogP contribution in [0.25, 0.3) is 0 Å². The molecule has 0 aromatic rings. The molecule has 11 heavy (non-hydrogen) atoms. The summed E-state index contributed by atoms with van der Waals surface area (Å²) in [5, 5.41) is 0. The van der Waals surface area contributed by atoms with Gasteiger partial charge >= 0.3 is 11.9 Å². The zero-order valence-corrected chi connectivity index (χ0v) is 6.33. The van der Waals surface area contributed by atoms with E-state index >= 15 is 0 Å². The number of ether oxygens (including phenoxy) is 2. The van der Waals surface area contributed by atoms with Gasteiger partial charge in [0.05, 0.1) is 0 Å². The van der Waals surface area contributed by atoms with Crippen molar-refractivity contribution in [2.45, 2.75) is 25.9 Å². The summed E-state index contributed by atoms with van der Waals surface area (Å²) in [4.78, 5) is 20.9. The molecule has 0 aliphatic carbocycles. The lowest BCUT2D eigenvalue weighted by atomic mass is 10.2. The molecule has 0 amide bonds. The second-order valence-electron chi connectivity index (χ2n) is 2.45. The van der Waals surface area contributed by atoms with E-state index in [-0.39, 0.29) is 24.6 Å².